The molecule has 0 aromatic heterocycles. The van der Waals surface area contributed by atoms with Gasteiger partial charge in [-0.05, 0) is 38.0 Å². The first-order chi connectivity index (χ1) is 9.35. The smallest absolute Gasteiger partial charge is 0.213 e. The molecule has 1 aliphatic heterocycles. The molecule has 1 aliphatic carbocycles. The van der Waals surface area contributed by atoms with Crippen LogP contribution in [0.15, 0.2) is 0 Å². The van der Waals surface area contributed by atoms with Gasteiger partial charge in [0.2, 0.25) is 10.0 Å². The summed E-state index contributed by atoms with van der Waals surface area (Å²) in [7, 11) is -3.00. The van der Waals surface area contributed by atoms with Crippen LogP contribution >= 0.6 is 0 Å². The molecule has 2 aliphatic rings. The van der Waals surface area contributed by atoms with E-state index in [4.69, 9.17) is 0 Å². The summed E-state index contributed by atoms with van der Waals surface area (Å²) in [6, 6.07) is 1.08. The van der Waals surface area contributed by atoms with Crippen molar-refractivity contribution in [3.8, 4) is 0 Å². The van der Waals surface area contributed by atoms with Crippen LogP contribution in [0.2, 0.25) is 0 Å². The van der Waals surface area contributed by atoms with Crippen molar-refractivity contribution in [3.05, 3.63) is 0 Å². The summed E-state index contributed by atoms with van der Waals surface area (Å²) in [4.78, 5) is 0. The molecule has 1 unspecified atom stereocenters. The molecule has 0 radical (unpaired) electrons. The number of rotatable bonds is 4. The lowest BCUT2D eigenvalue weighted by Gasteiger charge is -2.43. The van der Waals surface area contributed by atoms with E-state index in [2.05, 4.69) is 19.2 Å². The Kier molecular flexibility index (Phi) is 5.14. The lowest BCUT2D eigenvalue weighted by atomic mass is 9.73. The molecule has 4 nitrogen and oxygen atoms in total. The van der Waals surface area contributed by atoms with Crippen LogP contribution in [0.25, 0.3) is 0 Å². The van der Waals surface area contributed by atoms with Crippen molar-refractivity contribution in [2.45, 2.75) is 71.4 Å². The molecule has 5 heteroatoms. The maximum atomic E-state index is 11.9. The second-order valence-corrected chi connectivity index (χ2v) is 9.29. The molecule has 0 spiro atoms. The van der Waals surface area contributed by atoms with Gasteiger partial charge in [-0.3, -0.25) is 0 Å². The minimum atomic E-state index is -3.00. The summed E-state index contributed by atoms with van der Waals surface area (Å²) in [6.45, 7) is 7.81. The molecule has 0 aromatic carbocycles. The molecule has 118 valence electrons. The van der Waals surface area contributed by atoms with Crippen molar-refractivity contribution in [2.24, 2.45) is 5.41 Å². The fourth-order valence-corrected chi connectivity index (χ4v) is 4.70. The first-order valence-electron chi connectivity index (χ1n) is 8.09. The fraction of sp³-hybridized carbons (Fsp3) is 1.00. The quantitative estimate of drug-likeness (QED) is 0.867. The normalized spacial score (nSPS) is 29.4. The number of nitrogens with one attached hydrogen (secondary N) is 1. The predicted octanol–water partition coefficient (Wildman–Crippen LogP) is 2.36. The van der Waals surface area contributed by atoms with E-state index in [9.17, 15) is 8.42 Å². The summed E-state index contributed by atoms with van der Waals surface area (Å²) in [5.41, 5.74) is 0.380. The third-order valence-electron chi connectivity index (χ3n) is 5.16. The van der Waals surface area contributed by atoms with Crippen LogP contribution in [0, 0.1) is 5.41 Å². The zero-order valence-electron chi connectivity index (χ0n) is 13.2. The average Bonchev–Trinajstić information content (AvgIpc) is 2.42. The van der Waals surface area contributed by atoms with Crippen molar-refractivity contribution in [3.63, 3.8) is 0 Å². The Bertz CT molecular complexity index is 412. The third kappa shape index (κ3) is 3.74. The van der Waals surface area contributed by atoms with Gasteiger partial charge in [-0.1, -0.05) is 26.7 Å². The first kappa shape index (κ1) is 16.2. The van der Waals surface area contributed by atoms with Crippen molar-refractivity contribution in [2.75, 3.05) is 18.8 Å². The number of piperidine rings is 1. The maximum Gasteiger partial charge on any atom is 0.213 e. The van der Waals surface area contributed by atoms with Crippen LogP contribution in [-0.4, -0.2) is 43.6 Å². The van der Waals surface area contributed by atoms with Gasteiger partial charge in [-0.2, -0.15) is 0 Å². The molecule has 20 heavy (non-hydrogen) atoms. The molecule has 1 heterocycles. The van der Waals surface area contributed by atoms with Crippen LogP contribution in [-0.2, 0) is 10.0 Å². The summed E-state index contributed by atoms with van der Waals surface area (Å²) in [6.07, 6.45) is 7.13. The summed E-state index contributed by atoms with van der Waals surface area (Å²) in [5.74, 6) is 0.223. The van der Waals surface area contributed by atoms with Crippen molar-refractivity contribution in [1.82, 2.24) is 9.62 Å². The lowest BCUT2D eigenvalue weighted by Crippen LogP contribution is -2.52. The van der Waals surface area contributed by atoms with Gasteiger partial charge in [0, 0.05) is 25.2 Å². The molecule has 1 atom stereocenters. The van der Waals surface area contributed by atoms with Gasteiger partial charge < -0.3 is 5.32 Å². The molecule has 0 amide bonds. The predicted molar refractivity (Wildman–Crippen MR) is 83.2 cm³/mol. The van der Waals surface area contributed by atoms with E-state index in [1.165, 1.54) is 25.7 Å². The highest BCUT2D eigenvalue weighted by atomic mass is 32.2. The SMILES string of the molecule is CCS(=O)(=O)N1CCC(NC2CCCCC2(C)C)CC1. The van der Waals surface area contributed by atoms with Gasteiger partial charge in [-0.15, -0.1) is 0 Å². The summed E-state index contributed by atoms with van der Waals surface area (Å²) < 4.78 is 25.4. The van der Waals surface area contributed by atoms with Gasteiger partial charge in [0.05, 0.1) is 5.75 Å². The molecule has 1 saturated carbocycles. The minimum absolute atomic E-state index is 0.223. The topological polar surface area (TPSA) is 49.4 Å². The monoisotopic (exact) mass is 302 g/mol. The second kappa shape index (κ2) is 6.32. The van der Waals surface area contributed by atoms with Gasteiger partial charge in [0.25, 0.3) is 0 Å². The van der Waals surface area contributed by atoms with Gasteiger partial charge >= 0.3 is 0 Å². The molecule has 0 aromatic rings. The van der Waals surface area contributed by atoms with Crippen LogP contribution in [0.3, 0.4) is 0 Å². The van der Waals surface area contributed by atoms with Gasteiger partial charge in [0.15, 0.2) is 0 Å². The number of hydrogen-bond acceptors (Lipinski definition) is 3. The summed E-state index contributed by atoms with van der Waals surface area (Å²) in [5, 5.41) is 3.82. The molecule has 2 rings (SSSR count). The van der Waals surface area contributed by atoms with Crippen molar-refractivity contribution in [1.29, 1.82) is 0 Å². The molecule has 1 saturated heterocycles. The lowest BCUT2D eigenvalue weighted by molar-refractivity contribution is 0.141. The zero-order valence-corrected chi connectivity index (χ0v) is 14.0. The number of hydrogen-bond donors (Lipinski definition) is 1. The highest BCUT2D eigenvalue weighted by Crippen LogP contribution is 2.36. The highest BCUT2D eigenvalue weighted by Gasteiger charge is 2.35. The number of nitrogens with zero attached hydrogens (tertiary/aromatic N) is 1. The largest absolute Gasteiger partial charge is 0.311 e. The van der Waals surface area contributed by atoms with Crippen molar-refractivity contribution >= 4 is 10.0 Å². The Morgan fingerprint density at radius 2 is 1.80 bits per heavy atom. The molecular weight excluding hydrogens is 272 g/mol. The van der Waals surface area contributed by atoms with E-state index in [0.29, 0.717) is 30.6 Å². The average molecular weight is 302 g/mol. The van der Waals surface area contributed by atoms with Crippen LogP contribution in [0.1, 0.15) is 59.3 Å². The van der Waals surface area contributed by atoms with E-state index < -0.39 is 10.0 Å². The zero-order chi connectivity index (χ0) is 14.8. The number of sulfonamides is 1. The third-order valence-corrected chi connectivity index (χ3v) is 7.04. The molecule has 2 fully saturated rings. The summed E-state index contributed by atoms with van der Waals surface area (Å²) >= 11 is 0. The standard InChI is InChI=1S/C15H30N2O2S/c1-4-20(18,19)17-11-8-13(9-12-17)16-14-7-5-6-10-15(14,2)3/h13-14,16H,4-12H2,1-3H3. The van der Waals surface area contributed by atoms with Crippen LogP contribution < -0.4 is 5.32 Å². The van der Waals surface area contributed by atoms with E-state index in [1.54, 1.807) is 11.2 Å². The fourth-order valence-electron chi connectivity index (χ4n) is 3.57. The van der Waals surface area contributed by atoms with Crippen molar-refractivity contribution < 1.29 is 8.42 Å². The van der Waals surface area contributed by atoms with Gasteiger partial charge in [-0.25, -0.2) is 12.7 Å². The Labute approximate surface area is 124 Å². The first-order valence-corrected chi connectivity index (χ1v) is 9.70. The Balaban J connectivity index is 1.85. The Morgan fingerprint density at radius 3 is 2.35 bits per heavy atom. The van der Waals surface area contributed by atoms with Crippen LogP contribution in [0.5, 0.6) is 0 Å². The van der Waals surface area contributed by atoms with E-state index in [1.807, 2.05) is 0 Å². The molecular formula is C15H30N2O2S. The molecule has 0 bridgehead atoms. The maximum absolute atomic E-state index is 11.9. The Morgan fingerprint density at radius 1 is 1.15 bits per heavy atom. The highest BCUT2D eigenvalue weighted by molar-refractivity contribution is 7.89. The van der Waals surface area contributed by atoms with E-state index >= 15 is 0 Å². The van der Waals surface area contributed by atoms with Gasteiger partial charge in [0.1, 0.15) is 0 Å². The Hall–Kier alpha value is -0.130. The molecule has 1 N–H and O–H groups in total. The van der Waals surface area contributed by atoms with Crippen LogP contribution in [0.4, 0.5) is 0 Å². The van der Waals surface area contributed by atoms with E-state index in [-0.39, 0.29) is 5.75 Å². The second-order valence-electron chi connectivity index (χ2n) is 7.03. The minimum Gasteiger partial charge on any atom is -0.311 e. The van der Waals surface area contributed by atoms with E-state index in [0.717, 1.165) is 12.8 Å².